The summed E-state index contributed by atoms with van der Waals surface area (Å²) in [4.78, 5) is 5.32. The Bertz CT molecular complexity index is 4010. The van der Waals surface area contributed by atoms with E-state index in [0.29, 0.717) is 0 Å². The molecule has 354 valence electrons. The van der Waals surface area contributed by atoms with Crippen LogP contribution in [0.5, 0.6) is 11.5 Å². The molecular formula is C72H49NOS. The van der Waals surface area contributed by atoms with Gasteiger partial charge in [-0.15, -0.1) is 0 Å². The number of anilines is 2. The number of para-hydroxylation sites is 2. The van der Waals surface area contributed by atoms with Gasteiger partial charge in [-0.05, 0) is 134 Å². The van der Waals surface area contributed by atoms with Crippen molar-refractivity contribution < 1.29 is 4.74 Å². The molecule has 0 amide bonds. The second kappa shape index (κ2) is 16.4. The SMILES string of the molecule is C1=CC(c2ccc(-c3ccccc3)cc2)=C(N(c2ccc3c(c2)C2c4ccccc4C=CC2C32c3ccccc3Sc3ccccc32)c2ccc3c(c2)C2(c4ccccc4Oc4ccccc42)c2ccccc2-3)CC1. The summed E-state index contributed by atoms with van der Waals surface area (Å²) in [7, 11) is 0. The van der Waals surface area contributed by atoms with Crippen LogP contribution in [0.15, 0.2) is 270 Å². The van der Waals surface area contributed by atoms with Gasteiger partial charge in [0.15, 0.2) is 0 Å². The Morgan fingerprint density at radius 1 is 0.440 bits per heavy atom. The lowest BCUT2D eigenvalue weighted by atomic mass is 9.61. The topological polar surface area (TPSA) is 12.5 Å². The van der Waals surface area contributed by atoms with Crippen molar-refractivity contribution in [3.63, 3.8) is 0 Å². The Labute approximate surface area is 442 Å². The van der Waals surface area contributed by atoms with E-state index in [4.69, 9.17) is 4.74 Å². The molecule has 4 aliphatic carbocycles. The van der Waals surface area contributed by atoms with Gasteiger partial charge in [-0.1, -0.05) is 224 Å². The first-order valence-electron chi connectivity index (χ1n) is 26.4. The zero-order valence-electron chi connectivity index (χ0n) is 41.2. The predicted octanol–water partition coefficient (Wildman–Crippen LogP) is 18.3. The van der Waals surface area contributed by atoms with E-state index < -0.39 is 5.41 Å². The average Bonchev–Trinajstić information content (AvgIpc) is 4.16. The molecule has 0 fully saturated rings. The Hall–Kier alpha value is -8.63. The minimum atomic E-state index is -0.606. The zero-order chi connectivity index (χ0) is 49.2. The molecule has 2 atom stereocenters. The van der Waals surface area contributed by atoms with E-state index in [1.807, 2.05) is 11.8 Å². The molecule has 16 rings (SSSR count). The standard InChI is InChI=1S/C72H49NOS/c1-2-18-46(19-3-1)47-34-36-49(37-35-47)52-21-7-13-29-65(52)73(51-39-41-55-54-23-6-8-24-57(54)71(64(55)45-51)59-25-9-14-30-66(59)74-67-31-15-10-26-60(67)71)50-40-43-58-56(44-50)70-53-22-5-4-20-48(53)38-42-63(70)72(58)61-27-11-16-32-68(61)75-69-33-17-12-28-62(69)72/h1-12,14-28,30-45,63,70H,13,29H2. The fraction of sp³-hybridized carbons (Fsp3) is 0.0833. The lowest BCUT2D eigenvalue weighted by Crippen LogP contribution is -2.38. The highest BCUT2D eigenvalue weighted by Crippen LogP contribution is 2.67. The van der Waals surface area contributed by atoms with Crippen molar-refractivity contribution in [1.29, 1.82) is 0 Å². The van der Waals surface area contributed by atoms with Crippen LogP contribution < -0.4 is 9.64 Å². The highest BCUT2D eigenvalue weighted by atomic mass is 32.2. The number of benzene rings is 10. The minimum Gasteiger partial charge on any atom is -0.457 e. The van der Waals surface area contributed by atoms with Gasteiger partial charge in [0.2, 0.25) is 0 Å². The Morgan fingerprint density at radius 2 is 1.03 bits per heavy atom. The van der Waals surface area contributed by atoms with Gasteiger partial charge in [0.25, 0.3) is 0 Å². The van der Waals surface area contributed by atoms with E-state index in [9.17, 15) is 0 Å². The summed E-state index contributed by atoms with van der Waals surface area (Å²) in [6.07, 6.45) is 11.5. The van der Waals surface area contributed by atoms with Gasteiger partial charge in [0, 0.05) is 55.4 Å². The second-order valence-corrected chi connectivity index (χ2v) is 21.9. The van der Waals surface area contributed by atoms with Gasteiger partial charge in [-0.2, -0.15) is 0 Å². The van der Waals surface area contributed by atoms with Crippen molar-refractivity contribution in [3.05, 3.63) is 322 Å². The number of hydrogen-bond donors (Lipinski definition) is 0. The maximum absolute atomic E-state index is 6.81. The molecule has 0 saturated heterocycles. The van der Waals surface area contributed by atoms with E-state index in [2.05, 4.69) is 266 Å². The maximum Gasteiger partial charge on any atom is 0.132 e. The molecule has 2 unspecified atom stereocenters. The molecule has 0 aromatic heterocycles. The highest BCUT2D eigenvalue weighted by Gasteiger charge is 2.58. The molecule has 0 saturated carbocycles. The van der Waals surface area contributed by atoms with Gasteiger partial charge in [-0.3, -0.25) is 0 Å². The molecule has 10 aromatic rings. The van der Waals surface area contributed by atoms with Crippen LogP contribution in [-0.4, -0.2) is 0 Å². The van der Waals surface area contributed by atoms with E-state index in [1.54, 1.807) is 0 Å². The molecular weight excluding hydrogens is 927 g/mol. The minimum absolute atomic E-state index is 0.130. The van der Waals surface area contributed by atoms with Crippen LogP contribution in [0.4, 0.5) is 11.4 Å². The predicted molar refractivity (Wildman–Crippen MR) is 307 cm³/mol. The van der Waals surface area contributed by atoms with Crippen LogP contribution in [0.25, 0.3) is 33.9 Å². The Kier molecular flexibility index (Phi) is 9.39. The molecule has 10 aromatic carbocycles. The van der Waals surface area contributed by atoms with Crippen LogP contribution in [0.2, 0.25) is 0 Å². The fourth-order valence-corrected chi connectivity index (χ4v) is 15.6. The average molecular weight is 976 g/mol. The summed E-state index contributed by atoms with van der Waals surface area (Å²) in [6, 6.07) is 88.9. The van der Waals surface area contributed by atoms with Crippen molar-refractivity contribution in [2.24, 2.45) is 5.92 Å². The first-order chi connectivity index (χ1) is 37.2. The first-order valence-corrected chi connectivity index (χ1v) is 27.3. The fourth-order valence-electron chi connectivity index (χ4n) is 14.4. The monoisotopic (exact) mass is 975 g/mol. The lowest BCUT2D eigenvalue weighted by Gasteiger charge is -2.44. The van der Waals surface area contributed by atoms with Crippen molar-refractivity contribution in [2.75, 3.05) is 4.90 Å². The summed E-state index contributed by atoms with van der Waals surface area (Å²) < 4.78 is 6.81. The van der Waals surface area contributed by atoms with Crippen LogP contribution in [0, 0.1) is 5.92 Å². The zero-order valence-corrected chi connectivity index (χ0v) is 42.0. The highest BCUT2D eigenvalue weighted by molar-refractivity contribution is 7.99. The van der Waals surface area contributed by atoms with E-state index >= 15 is 0 Å². The summed E-state index contributed by atoms with van der Waals surface area (Å²) in [5.41, 5.74) is 23.2. The third kappa shape index (κ3) is 5.99. The number of allylic oxidation sites excluding steroid dienone is 5. The maximum atomic E-state index is 6.81. The van der Waals surface area contributed by atoms with Gasteiger partial charge < -0.3 is 9.64 Å². The molecule has 0 radical (unpaired) electrons. The molecule has 6 aliphatic rings. The normalized spacial score (nSPS) is 17.9. The lowest BCUT2D eigenvalue weighted by molar-refractivity contribution is 0.436. The largest absolute Gasteiger partial charge is 0.457 e. The first kappa shape index (κ1) is 42.8. The number of nitrogens with zero attached hydrogens (tertiary/aromatic N) is 1. The van der Waals surface area contributed by atoms with E-state index in [1.165, 1.54) is 110 Å². The van der Waals surface area contributed by atoms with Crippen LogP contribution in [-0.2, 0) is 10.8 Å². The van der Waals surface area contributed by atoms with Crippen molar-refractivity contribution in [1.82, 2.24) is 0 Å². The van der Waals surface area contributed by atoms with E-state index in [-0.39, 0.29) is 17.3 Å². The molecule has 2 spiro atoms. The summed E-state index contributed by atoms with van der Waals surface area (Å²) >= 11 is 1.92. The molecule has 2 aliphatic heterocycles. The molecule has 2 heterocycles. The third-order valence-electron chi connectivity index (χ3n) is 17.4. The summed E-state index contributed by atoms with van der Waals surface area (Å²) in [5, 5.41) is 0. The number of hydrogen-bond acceptors (Lipinski definition) is 3. The second-order valence-electron chi connectivity index (χ2n) is 20.9. The smallest absolute Gasteiger partial charge is 0.132 e. The molecule has 75 heavy (non-hydrogen) atoms. The van der Waals surface area contributed by atoms with Crippen LogP contribution in [0.3, 0.4) is 0 Å². The van der Waals surface area contributed by atoms with Crippen molar-refractivity contribution in [3.8, 4) is 33.8 Å². The van der Waals surface area contributed by atoms with Crippen molar-refractivity contribution in [2.45, 2.75) is 39.4 Å². The molecule has 0 N–H and O–H groups in total. The Balaban J connectivity index is 0.971. The number of ether oxygens (including phenoxy) is 1. The third-order valence-corrected chi connectivity index (χ3v) is 18.5. The van der Waals surface area contributed by atoms with Crippen LogP contribution >= 0.6 is 11.8 Å². The molecule has 2 nitrogen and oxygen atoms in total. The molecule has 0 bridgehead atoms. The summed E-state index contributed by atoms with van der Waals surface area (Å²) in [5.74, 6) is 2.09. The number of rotatable bonds is 5. The van der Waals surface area contributed by atoms with Crippen molar-refractivity contribution >= 4 is 34.8 Å². The number of fused-ring (bicyclic) bond motifs is 20. The quantitative estimate of drug-likeness (QED) is 0.171. The van der Waals surface area contributed by atoms with Gasteiger partial charge in [-0.25, -0.2) is 0 Å². The van der Waals surface area contributed by atoms with E-state index in [0.717, 1.165) is 30.0 Å². The van der Waals surface area contributed by atoms with Gasteiger partial charge in [0.05, 0.1) is 10.8 Å². The van der Waals surface area contributed by atoms with Gasteiger partial charge in [0.1, 0.15) is 11.5 Å². The van der Waals surface area contributed by atoms with Gasteiger partial charge >= 0.3 is 0 Å². The molecule has 3 heteroatoms. The summed E-state index contributed by atoms with van der Waals surface area (Å²) in [6.45, 7) is 0. The Morgan fingerprint density at radius 3 is 1.79 bits per heavy atom. The van der Waals surface area contributed by atoms with Crippen LogP contribution in [0.1, 0.15) is 80.0 Å².